The van der Waals surface area contributed by atoms with Gasteiger partial charge in [-0.2, -0.15) is 0 Å². The van der Waals surface area contributed by atoms with Crippen LogP contribution in [0.15, 0.2) is 23.2 Å². The highest BCUT2D eigenvalue weighted by Gasteiger charge is 2.53. The van der Waals surface area contributed by atoms with E-state index in [9.17, 15) is 0 Å². The van der Waals surface area contributed by atoms with Crippen molar-refractivity contribution < 1.29 is 4.74 Å². The smallest absolute Gasteiger partial charge is 0.194 e. The van der Waals surface area contributed by atoms with Crippen molar-refractivity contribution in [2.24, 2.45) is 16.8 Å². The molecule has 4 rings (SSSR count). The fourth-order valence-corrected chi connectivity index (χ4v) is 4.74. The second-order valence-corrected chi connectivity index (χ2v) is 7.62. The average molecular weight is 455 g/mol. The maximum atomic E-state index is 6.10. The topological polar surface area (TPSA) is 36.9 Å². The minimum Gasteiger partial charge on any atom is -0.374 e. The summed E-state index contributed by atoms with van der Waals surface area (Å²) in [4.78, 5) is 7.41. The molecule has 3 saturated heterocycles. The van der Waals surface area contributed by atoms with Crippen molar-refractivity contribution in [2.45, 2.75) is 52.4 Å². The van der Waals surface area contributed by atoms with Crippen LogP contribution in [-0.2, 0) is 11.3 Å². The zero-order chi connectivity index (χ0) is 16.7. The molecule has 2 bridgehead atoms. The van der Waals surface area contributed by atoms with Gasteiger partial charge >= 0.3 is 0 Å². The van der Waals surface area contributed by atoms with Gasteiger partial charge < -0.3 is 15.0 Å². The van der Waals surface area contributed by atoms with E-state index in [0.29, 0.717) is 24.0 Å². The highest BCUT2D eigenvalue weighted by Crippen LogP contribution is 2.47. The van der Waals surface area contributed by atoms with Crippen LogP contribution in [0.1, 0.15) is 36.5 Å². The third-order valence-corrected chi connectivity index (χ3v) is 5.98. The Bertz CT molecular complexity index is 630. The Morgan fingerprint density at radius 3 is 2.48 bits per heavy atom. The number of hydrogen-bond donors (Lipinski definition) is 1. The molecule has 3 heterocycles. The summed E-state index contributed by atoms with van der Waals surface area (Å²) < 4.78 is 6.10. The van der Waals surface area contributed by atoms with Gasteiger partial charge in [-0.1, -0.05) is 23.8 Å². The number of hydrogen-bond acceptors (Lipinski definition) is 2. The second-order valence-electron chi connectivity index (χ2n) is 7.62. The Kier molecular flexibility index (Phi) is 5.93. The molecule has 5 heteroatoms. The predicted molar refractivity (Wildman–Crippen MR) is 113 cm³/mol. The third kappa shape index (κ3) is 3.68. The van der Waals surface area contributed by atoms with Crippen molar-refractivity contribution in [3.8, 4) is 0 Å². The second kappa shape index (κ2) is 7.82. The number of guanidine groups is 1. The molecule has 0 amide bonds. The van der Waals surface area contributed by atoms with E-state index in [0.717, 1.165) is 32.1 Å². The van der Waals surface area contributed by atoms with Crippen molar-refractivity contribution in [3.05, 3.63) is 34.9 Å². The lowest BCUT2D eigenvalue weighted by Crippen LogP contribution is -2.41. The maximum Gasteiger partial charge on any atom is 0.194 e. The Labute approximate surface area is 168 Å². The SMILES string of the molecule is CCNC(=NCc1ccc(C)cc1C)N1CC2C3CCC(O3)C2C1.I. The summed E-state index contributed by atoms with van der Waals surface area (Å²) >= 11 is 0. The molecule has 3 fully saturated rings. The summed E-state index contributed by atoms with van der Waals surface area (Å²) in [7, 11) is 0. The van der Waals surface area contributed by atoms with Crippen LogP contribution in [0, 0.1) is 25.7 Å². The number of rotatable bonds is 3. The van der Waals surface area contributed by atoms with E-state index in [4.69, 9.17) is 9.73 Å². The van der Waals surface area contributed by atoms with Crippen molar-refractivity contribution in [1.29, 1.82) is 0 Å². The minimum absolute atomic E-state index is 0. The summed E-state index contributed by atoms with van der Waals surface area (Å²) in [6.45, 7) is 10.3. The molecular formula is C20H30IN3O. The van der Waals surface area contributed by atoms with E-state index in [-0.39, 0.29) is 24.0 Å². The standard InChI is InChI=1S/C20H29N3O.HI/c1-4-21-20(22-10-15-6-5-13(2)9-14(15)3)23-11-16-17(12-23)19-8-7-18(16)24-19;/h5-6,9,16-19H,4,7-8,10-12H2,1-3H3,(H,21,22);1H. The molecule has 4 unspecified atom stereocenters. The largest absolute Gasteiger partial charge is 0.374 e. The van der Waals surface area contributed by atoms with Crippen molar-refractivity contribution in [3.63, 3.8) is 0 Å². The molecule has 1 N–H and O–H groups in total. The molecule has 25 heavy (non-hydrogen) atoms. The van der Waals surface area contributed by atoms with Gasteiger partial charge in [0.15, 0.2) is 5.96 Å². The predicted octanol–water partition coefficient (Wildman–Crippen LogP) is 3.50. The normalized spacial score (nSPS) is 30.4. The number of benzene rings is 1. The molecule has 3 aliphatic rings. The first-order valence-electron chi connectivity index (χ1n) is 9.40. The quantitative estimate of drug-likeness (QED) is 0.431. The highest BCUT2D eigenvalue weighted by molar-refractivity contribution is 14.0. The van der Waals surface area contributed by atoms with Gasteiger partial charge in [-0.3, -0.25) is 0 Å². The first-order valence-corrected chi connectivity index (χ1v) is 9.40. The van der Waals surface area contributed by atoms with Gasteiger partial charge in [0, 0.05) is 31.5 Å². The summed E-state index contributed by atoms with van der Waals surface area (Å²) in [5.41, 5.74) is 3.97. The fraction of sp³-hybridized carbons (Fsp3) is 0.650. The lowest BCUT2D eigenvalue weighted by molar-refractivity contribution is 0.0767. The summed E-state index contributed by atoms with van der Waals surface area (Å²) in [5.74, 6) is 2.51. The molecule has 4 atom stereocenters. The van der Waals surface area contributed by atoms with E-state index in [1.807, 2.05) is 0 Å². The molecule has 1 aromatic rings. The molecule has 4 nitrogen and oxygen atoms in total. The zero-order valence-corrected chi connectivity index (χ0v) is 17.8. The van der Waals surface area contributed by atoms with Crippen molar-refractivity contribution in [2.75, 3.05) is 19.6 Å². The van der Waals surface area contributed by atoms with Crippen LogP contribution >= 0.6 is 24.0 Å². The highest BCUT2D eigenvalue weighted by atomic mass is 127. The number of halogens is 1. The number of aliphatic imine (C=N–C) groups is 1. The number of nitrogens with zero attached hydrogens (tertiary/aromatic N) is 2. The number of aryl methyl sites for hydroxylation is 2. The van der Waals surface area contributed by atoms with Crippen LogP contribution < -0.4 is 5.32 Å². The Balaban J connectivity index is 0.00000182. The summed E-state index contributed by atoms with van der Waals surface area (Å²) in [6, 6.07) is 6.64. The molecule has 1 aromatic carbocycles. The molecular weight excluding hydrogens is 425 g/mol. The van der Waals surface area contributed by atoms with Crippen molar-refractivity contribution in [1.82, 2.24) is 10.2 Å². The van der Waals surface area contributed by atoms with Gasteiger partial charge in [0.05, 0.1) is 18.8 Å². The van der Waals surface area contributed by atoms with Crippen LogP contribution in [0.3, 0.4) is 0 Å². The maximum absolute atomic E-state index is 6.10. The number of likely N-dealkylation sites (tertiary alicyclic amines) is 1. The van der Waals surface area contributed by atoms with E-state index in [2.05, 4.69) is 49.2 Å². The lowest BCUT2D eigenvalue weighted by Gasteiger charge is -2.23. The minimum atomic E-state index is 0. The van der Waals surface area contributed by atoms with Crippen LogP contribution in [0.5, 0.6) is 0 Å². The Morgan fingerprint density at radius 2 is 1.88 bits per heavy atom. The fourth-order valence-electron chi connectivity index (χ4n) is 4.74. The summed E-state index contributed by atoms with van der Waals surface area (Å²) in [5, 5.41) is 3.50. The summed E-state index contributed by atoms with van der Waals surface area (Å²) in [6.07, 6.45) is 3.53. The Hall–Kier alpha value is -0.820. The third-order valence-electron chi connectivity index (χ3n) is 5.98. The average Bonchev–Trinajstić information content (AvgIpc) is 3.25. The molecule has 138 valence electrons. The molecule has 0 saturated carbocycles. The van der Waals surface area contributed by atoms with Gasteiger partial charge in [0.1, 0.15) is 0 Å². The van der Waals surface area contributed by atoms with Crippen LogP contribution in [0.25, 0.3) is 0 Å². The van der Waals surface area contributed by atoms with Gasteiger partial charge in [-0.25, -0.2) is 4.99 Å². The van der Waals surface area contributed by atoms with E-state index in [1.54, 1.807) is 0 Å². The van der Waals surface area contributed by atoms with Crippen LogP contribution in [0.4, 0.5) is 0 Å². The van der Waals surface area contributed by atoms with E-state index >= 15 is 0 Å². The van der Waals surface area contributed by atoms with Gasteiger partial charge in [-0.15, -0.1) is 24.0 Å². The van der Waals surface area contributed by atoms with Gasteiger partial charge in [0.25, 0.3) is 0 Å². The van der Waals surface area contributed by atoms with E-state index < -0.39 is 0 Å². The molecule has 3 aliphatic heterocycles. The first-order chi connectivity index (χ1) is 11.7. The Morgan fingerprint density at radius 1 is 1.20 bits per heavy atom. The van der Waals surface area contributed by atoms with Crippen molar-refractivity contribution >= 4 is 29.9 Å². The molecule has 0 aromatic heterocycles. The zero-order valence-electron chi connectivity index (χ0n) is 15.5. The molecule has 0 radical (unpaired) electrons. The number of fused-ring (bicyclic) bond motifs is 5. The van der Waals surface area contributed by atoms with Crippen LogP contribution in [-0.4, -0.2) is 42.7 Å². The number of nitrogens with one attached hydrogen (secondary N) is 1. The lowest BCUT2D eigenvalue weighted by atomic mass is 9.82. The molecule has 0 aliphatic carbocycles. The van der Waals surface area contributed by atoms with Gasteiger partial charge in [-0.05, 0) is 44.7 Å². The first kappa shape index (κ1) is 19.0. The number of ether oxygens (including phenoxy) is 1. The monoisotopic (exact) mass is 455 g/mol. The molecule has 0 spiro atoms. The van der Waals surface area contributed by atoms with E-state index in [1.165, 1.54) is 29.5 Å². The van der Waals surface area contributed by atoms with Crippen LogP contribution in [0.2, 0.25) is 0 Å². The van der Waals surface area contributed by atoms with Gasteiger partial charge in [0.2, 0.25) is 0 Å².